The largest absolute Gasteiger partial charge is 0.315 e. The molecule has 1 aliphatic carbocycles. The number of nitrogens with one attached hydrogen (secondary N) is 2. The van der Waals surface area contributed by atoms with Crippen LogP contribution in [0, 0.1) is 6.92 Å². The summed E-state index contributed by atoms with van der Waals surface area (Å²) in [6, 6.07) is 0.0710. The van der Waals surface area contributed by atoms with Crippen molar-refractivity contribution in [1.82, 2.24) is 10.0 Å². The van der Waals surface area contributed by atoms with E-state index in [2.05, 4.69) is 17.0 Å². The second-order valence-electron chi connectivity index (χ2n) is 5.35. The molecule has 0 radical (unpaired) electrons. The quantitative estimate of drug-likeness (QED) is 0.795. The first-order valence-electron chi connectivity index (χ1n) is 7.35. The monoisotopic (exact) mass is 348 g/mol. The Kier molecular flexibility index (Phi) is 6.14. The van der Waals surface area contributed by atoms with E-state index in [0.717, 1.165) is 35.5 Å². The maximum atomic E-state index is 12.8. The maximum Gasteiger partial charge on any atom is 0.242 e. The number of hydrogen-bond donors (Lipinski definition) is 2. The van der Waals surface area contributed by atoms with Crippen LogP contribution in [0.25, 0.3) is 0 Å². The Morgan fingerprint density at radius 2 is 2.19 bits per heavy atom. The number of sulfonamides is 1. The molecular formula is C14H24N2O2S3. The van der Waals surface area contributed by atoms with Gasteiger partial charge in [-0.15, -0.1) is 11.3 Å². The van der Waals surface area contributed by atoms with Crippen LogP contribution in [-0.4, -0.2) is 32.5 Å². The summed E-state index contributed by atoms with van der Waals surface area (Å²) in [7, 11) is -1.59. The van der Waals surface area contributed by atoms with Crippen LogP contribution in [0.3, 0.4) is 0 Å². The molecule has 1 aliphatic rings. The van der Waals surface area contributed by atoms with E-state index < -0.39 is 10.0 Å². The third-order valence-electron chi connectivity index (χ3n) is 3.74. The summed E-state index contributed by atoms with van der Waals surface area (Å²) in [5, 5.41) is 5.38. The van der Waals surface area contributed by atoms with E-state index in [1.807, 2.05) is 31.1 Å². The molecule has 0 saturated heterocycles. The summed E-state index contributed by atoms with van der Waals surface area (Å²) in [6.07, 6.45) is 3.16. The second kappa shape index (κ2) is 7.46. The fourth-order valence-electron chi connectivity index (χ4n) is 2.86. The van der Waals surface area contributed by atoms with Gasteiger partial charge in [0.25, 0.3) is 0 Å². The summed E-state index contributed by atoms with van der Waals surface area (Å²) in [6.45, 7) is 4.59. The Labute approximate surface area is 136 Å². The van der Waals surface area contributed by atoms with E-state index in [4.69, 9.17) is 0 Å². The molecule has 2 unspecified atom stereocenters. The Balaban J connectivity index is 2.20. The lowest BCUT2D eigenvalue weighted by atomic mass is 10.3. The van der Waals surface area contributed by atoms with E-state index in [9.17, 15) is 8.42 Å². The maximum absolute atomic E-state index is 12.8. The van der Waals surface area contributed by atoms with Gasteiger partial charge < -0.3 is 5.32 Å². The van der Waals surface area contributed by atoms with Gasteiger partial charge in [-0.05, 0) is 43.5 Å². The molecule has 2 rings (SSSR count). The van der Waals surface area contributed by atoms with Crippen LogP contribution >= 0.6 is 23.1 Å². The molecule has 1 heterocycles. The highest BCUT2D eigenvalue weighted by atomic mass is 32.2. The molecule has 0 bridgehead atoms. The Morgan fingerprint density at radius 3 is 2.86 bits per heavy atom. The van der Waals surface area contributed by atoms with Gasteiger partial charge in [-0.25, -0.2) is 13.1 Å². The van der Waals surface area contributed by atoms with E-state index in [-0.39, 0.29) is 6.04 Å². The molecule has 2 N–H and O–H groups in total. The predicted octanol–water partition coefficient (Wildman–Crippen LogP) is 2.73. The lowest BCUT2D eigenvalue weighted by Crippen LogP contribution is -2.39. The molecule has 1 aromatic rings. The van der Waals surface area contributed by atoms with Crippen LogP contribution in [-0.2, 0) is 16.6 Å². The third kappa shape index (κ3) is 4.01. The number of aryl methyl sites for hydroxylation is 1. The minimum Gasteiger partial charge on any atom is -0.315 e. The van der Waals surface area contributed by atoms with E-state index in [1.165, 1.54) is 11.3 Å². The van der Waals surface area contributed by atoms with Gasteiger partial charge in [-0.1, -0.05) is 13.3 Å². The standard InChI is InChI=1S/C14H24N2O2S3/c1-4-19-12-7-5-6-11(12)16-21(17,18)14-10(2)9-20-13(14)8-15-3/h9,11-12,15-16H,4-8H2,1-3H3. The van der Waals surface area contributed by atoms with Gasteiger partial charge in [0.05, 0.1) is 0 Å². The van der Waals surface area contributed by atoms with Crippen molar-refractivity contribution in [3.8, 4) is 0 Å². The van der Waals surface area contributed by atoms with Crippen LogP contribution in [0.1, 0.15) is 36.6 Å². The van der Waals surface area contributed by atoms with Crippen molar-refractivity contribution in [3.05, 3.63) is 15.8 Å². The van der Waals surface area contributed by atoms with Crippen molar-refractivity contribution in [2.45, 2.75) is 55.8 Å². The minimum atomic E-state index is -3.43. The molecule has 7 heteroatoms. The highest BCUT2D eigenvalue weighted by molar-refractivity contribution is 8.00. The molecule has 1 saturated carbocycles. The van der Waals surface area contributed by atoms with E-state index in [0.29, 0.717) is 16.7 Å². The van der Waals surface area contributed by atoms with Crippen molar-refractivity contribution in [1.29, 1.82) is 0 Å². The SMILES string of the molecule is CCSC1CCCC1NS(=O)(=O)c1c(C)csc1CNC. The van der Waals surface area contributed by atoms with Crippen LogP contribution in [0.2, 0.25) is 0 Å². The fourth-order valence-corrected chi connectivity index (χ4v) is 7.28. The van der Waals surface area contributed by atoms with Crippen molar-refractivity contribution in [2.24, 2.45) is 0 Å². The summed E-state index contributed by atoms with van der Waals surface area (Å²) >= 11 is 3.38. The zero-order valence-corrected chi connectivity index (χ0v) is 15.3. The van der Waals surface area contributed by atoms with Gasteiger partial charge in [-0.2, -0.15) is 11.8 Å². The highest BCUT2D eigenvalue weighted by Gasteiger charge is 2.33. The molecule has 120 valence electrons. The average molecular weight is 349 g/mol. The zero-order valence-electron chi connectivity index (χ0n) is 12.8. The molecule has 0 aliphatic heterocycles. The number of hydrogen-bond acceptors (Lipinski definition) is 5. The van der Waals surface area contributed by atoms with E-state index in [1.54, 1.807) is 0 Å². The first kappa shape index (κ1) is 17.3. The normalized spacial score (nSPS) is 22.8. The van der Waals surface area contributed by atoms with Gasteiger partial charge in [0.2, 0.25) is 10.0 Å². The van der Waals surface area contributed by atoms with E-state index >= 15 is 0 Å². The van der Waals surface area contributed by atoms with Crippen LogP contribution in [0.5, 0.6) is 0 Å². The molecular weight excluding hydrogens is 324 g/mol. The summed E-state index contributed by atoms with van der Waals surface area (Å²) in [5.74, 6) is 1.03. The van der Waals surface area contributed by atoms with Crippen molar-refractivity contribution in [2.75, 3.05) is 12.8 Å². The lowest BCUT2D eigenvalue weighted by molar-refractivity contribution is 0.553. The van der Waals surface area contributed by atoms with Crippen molar-refractivity contribution in [3.63, 3.8) is 0 Å². The zero-order chi connectivity index (χ0) is 15.5. The number of rotatable bonds is 7. The molecule has 1 aromatic heterocycles. The first-order valence-corrected chi connectivity index (χ1v) is 10.8. The predicted molar refractivity (Wildman–Crippen MR) is 91.7 cm³/mol. The van der Waals surface area contributed by atoms with Crippen LogP contribution in [0.15, 0.2) is 10.3 Å². The molecule has 0 aromatic carbocycles. The third-order valence-corrected chi connectivity index (χ3v) is 8.01. The van der Waals surface area contributed by atoms with Crippen molar-refractivity contribution >= 4 is 33.1 Å². The Bertz CT molecular complexity index is 569. The number of thioether (sulfide) groups is 1. The molecule has 1 fully saturated rings. The molecule has 0 spiro atoms. The lowest BCUT2D eigenvalue weighted by Gasteiger charge is -2.20. The van der Waals surface area contributed by atoms with Crippen molar-refractivity contribution < 1.29 is 8.42 Å². The van der Waals surface area contributed by atoms with Gasteiger partial charge in [-0.3, -0.25) is 0 Å². The minimum absolute atomic E-state index is 0.0710. The summed E-state index contributed by atoms with van der Waals surface area (Å²) < 4.78 is 28.5. The number of thiophene rings is 1. The summed E-state index contributed by atoms with van der Waals surface area (Å²) in [4.78, 5) is 1.37. The van der Waals surface area contributed by atoms with Gasteiger partial charge in [0.15, 0.2) is 0 Å². The topological polar surface area (TPSA) is 58.2 Å². The molecule has 0 amide bonds. The Hall–Kier alpha value is -0.0800. The molecule has 2 atom stereocenters. The smallest absolute Gasteiger partial charge is 0.242 e. The van der Waals surface area contributed by atoms with Gasteiger partial charge in [0.1, 0.15) is 4.90 Å². The van der Waals surface area contributed by atoms with Gasteiger partial charge in [0, 0.05) is 22.7 Å². The second-order valence-corrected chi connectivity index (χ2v) is 9.49. The van der Waals surface area contributed by atoms with Crippen LogP contribution < -0.4 is 10.0 Å². The molecule has 4 nitrogen and oxygen atoms in total. The highest BCUT2D eigenvalue weighted by Crippen LogP contribution is 2.32. The fraction of sp³-hybridized carbons (Fsp3) is 0.714. The Morgan fingerprint density at radius 1 is 1.43 bits per heavy atom. The first-order chi connectivity index (χ1) is 9.99. The average Bonchev–Trinajstić information content (AvgIpc) is 2.98. The molecule has 21 heavy (non-hydrogen) atoms. The van der Waals surface area contributed by atoms with Crippen LogP contribution in [0.4, 0.5) is 0 Å². The summed E-state index contributed by atoms with van der Waals surface area (Å²) in [5.41, 5.74) is 0.843. The van der Waals surface area contributed by atoms with Gasteiger partial charge >= 0.3 is 0 Å².